The topological polar surface area (TPSA) is 98.7 Å². The van der Waals surface area contributed by atoms with Crippen LogP contribution in [0.25, 0.3) is 11.4 Å². The van der Waals surface area contributed by atoms with Gasteiger partial charge in [-0.25, -0.2) is 4.68 Å². The lowest BCUT2D eigenvalue weighted by Gasteiger charge is -2.07. The molecule has 3 N–H and O–H groups in total. The minimum Gasteiger partial charge on any atom is -0.335 e. The summed E-state index contributed by atoms with van der Waals surface area (Å²) in [5, 5.41) is 12.0. The van der Waals surface area contributed by atoms with Gasteiger partial charge >= 0.3 is 0 Å². The number of aromatic nitrogens is 4. The number of pyridine rings is 1. The van der Waals surface area contributed by atoms with Gasteiger partial charge in [0.1, 0.15) is 0 Å². The van der Waals surface area contributed by atoms with Crippen molar-refractivity contribution in [1.82, 2.24) is 19.9 Å². The Morgan fingerprint density at radius 2 is 1.96 bits per heavy atom. The Morgan fingerprint density at radius 1 is 1.20 bits per heavy atom. The molecule has 0 unspecified atom stereocenters. The standard InChI is InChI=1S/C15H12Cl2N6OS/c16-10-1-2-12(11(17)7-10)20-13(24)8-25-15-22-21-14(23(15)18)9-3-5-19-6-4-9/h1-7H,8,18H2,(H,20,24). The Kier molecular flexibility index (Phi) is 5.42. The van der Waals surface area contributed by atoms with Crippen molar-refractivity contribution in [3.8, 4) is 11.4 Å². The molecule has 128 valence electrons. The van der Waals surface area contributed by atoms with E-state index in [1.165, 1.54) is 16.4 Å². The van der Waals surface area contributed by atoms with Crippen molar-refractivity contribution < 1.29 is 4.79 Å². The monoisotopic (exact) mass is 394 g/mol. The van der Waals surface area contributed by atoms with Crippen molar-refractivity contribution in [2.75, 3.05) is 16.9 Å². The third-order valence-electron chi connectivity index (χ3n) is 3.14. The third kappa shape index (κ3) is 4.22. The third-order valence-corrected chi connectivity index (χ3v) is 4.63. The van der Waals surface area contributed by atoms with Crippen LogP contribution in [0.3, 0.4) is 0 Å². The van der Waals surface area contributed by atoms with Crippen molar-refractivity contribution >= 4 is 46.6 Å². The molecule has 1 aromatic carbocycles. The number of nitrogens with one attached hydrogen (secondary N) is 1. The number of anilines is 1. The van der Waals surface area contributed by atoms with Gasteiger partial charge in [-0.3, -0.25) is 9.78 Å². The second-order valence-corrected chi connectivity index (χ2v) is 6.66. The summed E-state index contributed by atoms with van der Waals surface area (Å²) >= 11 is 13.0. The second kappa shape index (κ2) is 7.73. The first-order valence-corrected chi connectivity index (χ1v) is 8.77. The lowest BCUT2D eigenvalue weighted by atomic mass is 10.2. The Hall–Kier alpha value is -2.29. The predicted molar refractivity (Wildman–Crippen MR) is 99.2 cm³/mol. The minimum absolute atomic E-state index is 0.102. The summed E-state index contributed by atoms with van der Waals surface area (Å²) in [6.45, 7) is 0. The summed E-state index contributed by atoms with van der Waals surface area (Å²) in [7, 11) is 0. The molecular weight excluding hydrogens is 383 g/mol. The van der Waals surface area contributed by atoms with Gasteiger partial charge in [-0.05, 0) is 30.3 Å². The summed E-state index contributed by atoms with van der Waals surface area (Å²) in [5.74, 6) is 6.34. The van der Waals surface area contributed by atoms with Crippen LogP contribution in [0.5, 0.6) is 0 Å². The van der Waals surface area contributed by atoms with Gasteiger partial charge < -0.3 is 11.2 Å². The number of carbonyl (C=O) groups excluding carboxylic acids is 1. The van der Waals surface area contributed by atoms with E-state index in [-0.39, 0.29) is 11.7 Å². The molecule has 0 saturated heterocycles. The van der Waals surface area contributed by atoms with Crippen molar-refractivity contribution in [2.24, 2.45) is 0 Å². The molecule has 3 rings (SSSR count). The van der Waals surface area contributed by atoms with Crippen LogP contribution in [0.15, 0.2) is 47.9 Å². The lowest BCUT2D eigenvalue weighted by Crippen LogP contribution is -2.16. The molecule has 0 saturated carbocycles. The molecule has 0 atom stereocenters. The van der Waals surface area contributed by atoms with E-state index in [0.717, 1.165) is 5.56 Å². The number of benzene rings is 1. The van der Waals surface area contributed by atoms with Gasteiger partial charge in [0, 0.05) is 23.0 Å². The van der Waals surface area contributed by atoms with E-state index in [9.17, 15) is 4.79 Å². The van der Waals surface area contributed by atoms with Crippen LogP contribution < -0.4 is 11.2 Å². The Bertz CT molecular complexity index is 902. The van der Waals surface area contributed by atoms with Gasteiger partial charge in [-0.15, -0.1) is 10.2 Å². The molecule has 0 aliphatic carbocycles. The van der Waals surface area contributed by atoms with Crippen LogP contribution in [-0.4, -0.2) is 31.5 Å². The lowest BCUT2D eigenvalue weighted by molar-refractivity contribution is -0.113. The average molecular weight is 395 g/mol. The molecule has 3 aromatic rings. The molecule has 0 aliphatic heterocycles. The maximum Gasteiger partial charge on any atom is 0.234 e. The van der Waals surface area contributed by atoms with Crippen LogP contribution in [0, 0.1) is 0 Å². The zero-order valence-electron chi connectivity index (χ0n) is 12.7. The van der Waals surface area contributed by atoms with E-state index < -0.39 is 0 Å². The summed E-state index contributed by atoms with van der Waals surface area (Å²) in [6, 6.07) is 8.39. The van der Waals surface area contributed by atoms with Gasteiger partial charge in [-0.1, -0.05) is 35.0 Å². The molecule has 25 heavy (non-hydrogen) atoms. The zero-order valence-corrected chi connectivity index (χ0v) is 15.0. The maximum atomic E-state index is 12.1. The molecule has 1 amide bonds. The highest BCUT2D eigenvalue weighted by atomic mass is 35.5. The normalized spacial score (nSPS) is 10.6. The van der Waals surface area contributed by atoms with Gasteiger partial charge in [0.2, 0.25) is 11.1 Å². The zero-order chi connectivity index (χ0) is 17.8. The number of halogens is 2. The summed E-state index contributed by atoms with van der Waals surface area (Å²) in [6.07, 6.45) is 3.28. The summed E-state index contributed by atoms with van der Waals surface area (Å²) < 4.78 is 1.34. The fourth-order valence-electron chi connectivity index (χ4n) is 1.98. The van der Waals surface area contributed by atoms with Crippen LogP contribution in [0.2, 0.25) is 10.0 Å². The molecule has 10 heteroatoms. The fraction of sp³-hybridized carbons (Fsp3) is 0.0667. The number of hydrogen-bond donors (Lipinski definition) is 2. The van der Waals surface area contributed by atoms with Crippen molar-refractivity contribution in [3.63, 3.8) is 0 Å². The minimum atomic E-state index is -0.248. The van der Waals surface area contributed by atoms with Crippen LogP contribution in [0.1, 0.15) is 0 Å². The molecular formula is C15H12Cl2N6OS. The Balaban J connectivity index is 1.64. The van der Waals surface area contributed by atoms with Gasteiger partial charge in [0.25, 0.3) is 0 Å². The second-order valence-electron chi connectivity index (χ2n) is 4.87. The molecule has 0 fully saturated rings. The number of nitrogen functional groups attached to an aromatic ring is 1. The van der Waals surface area contributed by atoms with E-state index in [1.807, 2.05) is 0 Å². The summed E-state index contributed by atoms with van der Waals surface area (Å²) in [5.41, 5.74) is 1.28. The Labute approximate surface area is 157 Å². The molecule has 0 bridgehead atoms. The van der Waals surface area contributed by atoms with E-state index in [0.29, 0.717) is 26.7 Å². The Morgan fingerprint density at radius 3 is 2.68 bits per heavy atom. The first-order valence-electron chi connectivity index (χ1n) is 7.03. The van der Waals surface area contributed by atoms with E-state index in [1.54, 1.807) is 42.7 Å². The fourth-order valence-corrected chi connectivity index (χ4v) is 3.09. The van der Waals surface area contributed by atoms with Crippen LogP contribution in [0.4, 0.5) is 5.69 Å². The molecule has 0 aliphatic rings. The van der Waals surface area contributed by atoms with Crippen LogP contribution >= 0.6 is 35.0 Å². The number of nitrogens with two attached hydrogens (primary N) is 1. The number of amides is 1. The highest BCUT2D eigenvalue weighted by Gasteiger charge is 2.14. The van der Waals surface area contributed by atoms with Crippen molar-refractivity contribution in [3.05, 3.63) is 52.8 Å². The number of hydrogen-bond acceptors (Lipinski definition) is 6. The van der Waals surface area contributed by atoms with Crippen molar-refractivity contribution in [2.45, 2.75) is 5.16 Å². The SMILES string of the molecule is Nn1c(SCC(=O)Nc2ccc(Cl)cc2Cl)nnc1-c1ccncc1. The number of nitrogens with zero attached hydrogens (tertiary/aromatic N) is 4. The highest BCUT2D eigenvalue weighted by molar-refractivity contribution is 7.99. The quantitative estimate of drug-likeness (QED) is 0.509. The van der Waals surface area contributed by atoms with E-state index >= 15 is 0 Å². The largest absolute Gasteiger partial charge is 0.335 e. The van der Waals surface area contributed by atoms with Gasteiger partial charge in [0.15, 0.2) is 5.82 Å². The first-order chi connectivity index (χ1) is 12.0. The highest BCUT2D eigenvalue weighted by Crippen LogP contribution is 2.26. The molecule has 7 nitrogen and oxygen atoms in total. The average Bonchev–Trinajstić information content (AvgIpc) is 2.97. The van der Waals surface area contributed by atoms with E-state index in [2.05, 4.69) is 20.5 Å². The maximum absolute atomic E-state index is 12.1. The van der Waals surface area contributed by atoms with Gasteiger partial charge in [0.05, 0.1) is 16.5 Å². The molecule has 2 heterocycles. The van der Waals surface area contributed by atoms with Crippen LogP contribution in [-0.2, 0) is 4.79 Å². The smallest absolute Gasteiger partial charge is 0.234 e. The molecule has 2 aromatic heterocycles. The van der Waals surface area contributed by atoms with Crippen molar-refractivity contribution in [1.29, 1.82) is 0 Å². The first kappa shape index (κ1) is 17.5. The van der Waals surface area contributed by atoms with Gasteiger partial charge in [-0.2, -0.15) is 0 Å². The number of thioether (sulfide) groups is 1. The predicted octanol–water partition coefficient (Wildman–Crippen LogP) is 3.09. The molecule has 0 radical (unpaired) electrons. The molecule has 0 spiro atoms. The van der Waals surface area contributed by atoms with E-state index in [4.69, 9.17) is 29.0 Å². The summed E-state index contributed by atoms with van der Waals surface area (Å²) in [4.78, 5) is 16.0. The number of rotatable bonds is 5. The number of carbonyl (C=O) groups is 1.